The lowest BCUT2D eigenvalue weighted by Gasteiger charge is -2.33. The Morgan fingerprint density at radius 2 is 2.11 bits per heavy atom. The lowest BCUT2D eigenvalue weighted by atomic mass is 9.94. The average molecular weight is 537 g/mol. The maximum absolute atomic E-state index is 13.5. The van der Waals surface area contributed by atoms with Crippen LogP contribution in [0.3, 0.4) is 0 Å². The first kappa shape index (κ1) is 25.9. The molecule has 1 aliphatic heterocycles. The number of piperidine rings is 1. The van der Waals surface area contributed by atoms with Gasteiger partial charge in [-0.05, 0) is 69.5 Å². The molecule has 38 heavy (non-hydrogen) atoms. The first-order valence-corrected chi connectivity index (χ1v) is 13.0. The fourth-order valence-corrected chi connectivity index (χ4v) is 4.88. The lowest BCUT2D eigenvalue weighted by molar-refractivity contribution is 0.0197. The maximum atomic E-state index is 13.5. The molecule has 1 aliphatic rings. The molecule has 5 heterocycles. The Morgan fingerprint density at radius 3 is 2.89 bits per heavy atom. The Labute approximate surface area is 225 Å². The number of ether oxygens (including phenoxy) is 1. The molecule has 1 saturated heterocycles. The SMILES string of the molecule is CC(C)(C)OC(=O)N1CCCC(c2cc3c(-c4nc(NCc5cncc(F)c5)ccc4Cl)ccnc3[nH]2)C1. The zero-order chi connectivity index (χ0) is 26.9. The number of likely N-dealkylation sites (tertiary alicyclic amines) is 1. The van der Waals surface area contributed by atoms with Gasteiger partial charge in [-0.3, -0.25) is 4.98 Å². The monoisotopic (exact) mass is 536 g/mol. The molecule has 198 valence electrons. The number of nitrogens with zero attached hydrogens (tertiary/aromatic N) is 4. The number of aromatic nitrogens is 4. The molecular formula is C28H30ClFN6O2. The molecule has 4 aromatic rings. The molecule has 8 nitrogen and oxygen atoms in total. The van der Waals surface area contributed by atoms with E-state index in [0.29, 0.717) is 41.7 Å². The number of amides is 1. The van der Waals surface area contributed by atoms with Crippen LogP contribution in [0.15, 0.2) is 48.9 Å². The van der Waals surface area contributed by atoms with Gasteiger partial charge in [0.1, 0.15) is 22.9 Å². The summed E-state index contributed by atoms with van der Waals surface area (Å²) in [4.78, 5) is 31.1. The zero-order valence-electron chi connectivity index (χ0n) is 21.6. The Morgan fingerprint density at radius 1 is 1.26 bits per heavy atom. The Kier molecular flexibility index (Phi) is 7.21. The number of hydrogen-bond donors (Lipinski definition) is 2. The van der Waals surface area contributed by atoms with Crippen molar-refractivity contribution in [1.29, 1.82) is 0 Å². The van der Waals surface area contributed by atoms with Crippen molar-refractivity contribution in [3.63, 3.8) is 0 Å². The van der Waals surface area contributed by atoms with Crippen LogP contribution in [0.5, 0.6) is 0 Å². The van der Waals surface area contributed by atoms with Gasteiger partial charge < -0.3 is 19.9 Å². The highest BCUT2D eigenvalue weighted by molar-refractivity contribution is 6.33. The number of aromatic amines is 1. The quantitative estimate of drug-likeness (QED) is 0.301. The third kappa shape index (κ3) is 5.88. The van der Waals surface area contributed by atoms with Crippen molar-refractivity contribution in [3.8, 4) is 11.3 Å². The van der Waals surface area contributed by atoms with E-state index in [0.717, 1.165) is 35.1 Å². The summed E-state index contributed by atoms with van der Waals surface area (Å²) in [6, 6.07) is 8.97. The smallest absolute Gasteiger partial charge is 0.410 e. The minimum atomic E-state index is -0.534. The molecular weight excluding hydrogens is 507 g/mol. The lowest BCUT2D eigenvalue weighted by Crippen LogP contribution is -2.42. The zero-order valence-corrected chi connectivity index (χ0v) is 22.3. The van der Waals surface area contributed by atoms with E-state index in [1.54, 1.807) is 29.4 Å². The number of anilines is 1. The molecule has 1 fully saturated rings. The topological polar surface area (TPSA) is 96.0 Å². The molecule has 10 heteroatoms. The first-order valence-electron chi connectivity index (χ1n) is 12.6. The summed E-state index contributed by atoms with van der Waals surface area (Å²) < 4.78 is 19.1. The van der Waals surface area contributed by atoms with E-state index in [4.69, 9.17) is 21.3 Å². The van der Waals surface area contributed by atoms with Gasteiger partial charge in [-0.25, -0.2) is 19.2 Å². The molecule has 0 bridgehead atoms. The van der Waals surface area contributed by atoms with Crippen LogP contribution >= 0.6 is 11.6 Å². The first-order chi connectivity index (χ1) is 18.2. The van der Waals surface area contributed by atoms with E-state index in [-0.39, 0.29) is 17.8 Å². The van der Waals surface area contributed by atoms with Crippen LogP contribution in [0.4, 0.5) is 15.0 Å². The summed E-state index contributed by atoms with van der Waals surface area (Å²) in [6.45, 7) is 7.25. The fourth-order valence-electron chi connectivity index (χ4n) is 4.67. The minimum Gasteiger partial charge on any atom is -0.444 e. The Bertz CT molecular complexity index is 1470. The standard InChI is InChI=1S/C28H30ClFN6O2/c1-28(2,3)38-27(37)36-10-4-5-18(16-36)23-12-21-20(8-9-32-26(21)34-23)25-22(29)6-7-24(35-25)33-14-17-11-19(30)15-31-13-17/h6-9,11-13,15,18H,4-5,10,14,16H2,1-3H3,(H,32,34)(H,33,35). The van der Waals surface area contributed by atoms with Crippen molar-refractivity contribution >= 4 is 34.5 Å². The predicted octanol–water partition coefficient (Wildman–Crippen LogP) is 6.54. The van der Waals surface area contributed by atoms with E-state index in [9.17, 15) is 9.18 Å². The van der Waals surface area contributed by atoms with Crippen molar-refractivity contribution in [3.05, 3.63) is 71.0 Å². The van der Waals surface area contributed by atoms with Crippen LogP contribution in [-0.4, -0.2) is 49.6 Å². The number of halogens is 2. The van der Waals surface area contributed by atoms with Crippen molar-refractivity contribution in [2.45, 2.75) is 51.7 Å². The van der Waals surface area contributed by atoms with Crippen LogP contribution in [-0.2, 0) is 11.3 Å². The molecule has 1 atom stereocenters. The average Bonchev–Trinajstić information content (AvgIpc) is 3.32. The van der Waals surface area contributed by atoms with Gasteiger partial charge >= 0.3 is 6.09 Å². The number of rotatable bonds is 5. The maximum Gasteiger partial charge on any atom is 0.410 e. The Balaban J connectivity index is 1.39. The third-order valence-electron chi connectivity index (χ3n) is 6.40. The minimum absolute atomic E-state index is 0.134. The molecule has 0 saturated carbocycles. The molecule has 1 unspecified atom stereocenters. The predicted molar refractivity (Wildman–Crippen MR) is 146 cm³/mol. The molecule has 0 radical (unpaired) electrons. The van der Waals surface area contributed by atoms with Crippen LogP contribution in [0.2, 0.25) is 5.02 Å². The number of nitrogens with one attached hydrogen (secondary N) is 2. The molecule has 4 aromatic heterocycles. The summed E-state index contributed by atoms with van der Waals surface area (Å²) >= 11 is 6.59. The van der Waals surface area contributed by atoms with Crippen molar-refractivity contribution in [1.82, 2.24) is 24.8 Å². The second-order valence-electron chi connectivity index (χ2n) is 10.5. The van der Waals surface area contributed by atoms with Gasteiger partial charge in [-0.2, -0.15) is 0 Å². The van der Waals surface area contributed by atoms with Crippen molar-refractivity contribution in [2.24, 2.45) is 0 Å². The molecule has 0 aliphatic carbocycles. The summed E-state index contributed by atoms with van der Waals surface area (Å²) in [6.07, 6.45) is 6.06. The molecule has 5 rings (SSSR count). The van der Waals surface area contributed by atoms with E-state index < -0.39 is 5.60 Å². The Hall–Kier alpha value is -3.72. The number of carbonyl (C=O) groups is 1. The van der Waals surface area contributed by atoms with E-state index in [1.165, 1.54) is 12.3 Å². The van der Waals surface area contributed by atoms with E-state index in [2.05, 4.69) is 26.3 Å². The summed E-state index contributed by atoms with van der Waals surface area (Å²) in [7, 11) is 0. The number of H-pyrrole nitrogens is 1. The molecule has 2 N–H and O–H groups in total. The van der Waals surface area contributed by atoms with Crippen molar-refractivity contribution < 1.29 is 13.9 Å². The van der Waals surface area contributed by atoms with Gasteiger partial charge in [-0.1, -0.05) is 11.6 Å². The van der Waals surface area contributed by atoms with Gasteiger partial charge in [-0.15, -0.1) is 0 Å². The van der Waals surface area contributed by atoms with Gasteiger partial charge in [0.15, 0.2) is 0 Å². The molecule has 1 amide bonds. The van der Waals surface area contributed by atoms with Crippen LogP contribution < -0.4 is 5.32 Å². The highest BCUT2D eigenvalue weighted by atomic mass is 35.5. The van der Waals surface area contributed by atoms with Gasteiger partial charge in [0, 0.05) is 54.6 Å². The number of fused-ring (bicyclic) bond motifs is 1. The molecule has 0 aromatic carbocycles. The van der Waals surface area contributed by atoms with Crippen molar-refractivity contribution in [2.75, 3.05) is 18.4 Å². The second-order valence-corrected chi connectivity index (χ2v) is 10.9. The highest BCUT2D eigenvalue weighted by Gasteiger charge is 2.29. The van der Waals surface area contributed by atoms with Crippen LogP contribution in [0.25, 0.3) is 22.3 Å². The number of hydrogen-bond acceptors (Lipinski definition) is 6. The van der Waals surface area contributed by atoms with Gasteiger partial charge in [0.2, 0.25) is 0 Å². The normalized spacial score (nSPS) is 16.0. The number of carbonyl (C=O) groups excluding carboxylic acids is 1. The summed E-state index contributed by atoms with van der Waals surface area (Å²) in [5, 5.41) is 4.62. The number of pyridine rings is 3. The van der Waals surface area contributed by atoms with E-state index in [1.807, 2.05) is 26.8 Å². The molecule has 0 spiro atoms. The second kappa shape index (κ2) is 10.6. The van der Waals surface area contributed by atoms with Crippen LogP contribution in [0.1, 0.15) is 50.8 Å². The highest BCUT2D eigenvalue weighted by Crippen LogP contribution is 2.35. The largest absolute Gasteiger partial charge is 0.444 e. The fraction of sp³-hybridized carbons (Fsp3) is 0.357. The van der Waals surface area contributed by atoms with Gasteiger partial charge in [0.25, 0.3) is 0 Å². The van der Waals surface area contributed by atoms with E-state index >= 15 is 0 Å². The summed E-state index contributed by atoms with van der Waals surface area (Å²) in [5.41, 5.74) is 3.38. The third-order valence-corrected chi connectivity index (χ3v) is 6.71. The summed E-state index contributed by atoms with van der Waals surface area (Å²) in [5.74, 6) is 0.355. The van der Waals surface area contributed by atoms with Gasteiger partial charge in [0.05, 0.1) is 16.9 Å². The van der Waals surface area contributed by atoms with Crippen LogP contribution in [0, 0.1) is 5.82 Å².